The first-order valence-electron chi connectivity index (χ1n) is 8.29. The highest BCUT2D eigenvalue weighted by Crippen LogP contribution is 2.17. The molecule has 1 aromatic rings. The Morgan fingerprint density at radius 2 is 1.71 bits per heavy atom. The summed E-state index contributed by atoms with van der Waals surface area (Å²) >= 11 is 0. The van der Waals surface area contributed by atoms with Crippen LogP contribution in [0.4, 0.5) is 5.69 Å². The van der Waals surface area contributed by atoms with Crippen LogP contribution in [0.3, 0.4) is 0 Å². The number of nitrogens with zero attached hydrogens (tertiary/aromatic N) is 2. The lowest BCUT2D eigenvalue weighted by Crippen LogP contribution is -2.44. The molecule has 0 saturated carbocycles. The first kappa shape index (κ1) is 16.3. The second-order valence-corrected chi connectivity index (χ2v) is 6.75. The average Bonchev–Trinajstić information content (AvgIpc) is 2.97. The fraction of sp³-hybridized carbons (Fsp3) is 0.667. The third-order valence-electron chi connectivity index (χ3n) is 4.51. The van der Waals surface area contributed by atoms with Crippen molar-refractivity contribution in [2.24, 2.45) is 5.92 Å². The van der Waals surface area contributed by atoms with E-state index in [1.165, 1.54) is 37.2 Å². The third kappa shape index (κ3) is 4.72. The van der Waals surface area contributed by atoms with E-state index in [0.29, 0.717) is 12.0 Å². The van der Waals surface area contributed by atoms with E-state index in [-0.39, 0.29) is 0 Å². The van der Waals surface area contributed by atoms with Gasteiger partial charge in [0.05, 0.1) is 0 Å². The standard InChI is InChI=1S/C18H31N3/c1-15(2)18(21-11-5-6-12-21)14-19-13-16-7-9-17(10-8-16)20(3)4/h7-10,15,18-19H,5-6,11-14H2,1-4H3. The molecule has 21 heavy (non-hydrogen) atoms. The van der Waals surface area contributed by atoms with Gasteiger partial charge in [-0.25, -0.2) is 0 Å². The summed E-state index contributed by atoms with van der Waals surface area (Å²) in [5.74, 6) is 0.715. The lowest BCUT2D eigenvalue weighted by Gasteiger charge is -2.31. The Morgan fingerprint density at radius 3 is 2.24 bits per heavy atom. The molecule has 1 heterocycles. The molecule has 3 nitrogen and oxygen atoms in total. The van der Waals surface area contributed by atoms with E-state index >= 15 is 0 Å². The predicted molar refractivity (Wildman–Crippen MR) is 91.9 cm³/mol. The van der Waals surface area contributed by atoms with Gasteiger partial charge in [-0.15, -0.1) is 0 Å². The molecule has 0 radical (unpaired) electrons. The summed E-state index contributed by atoms with van der Waals surface area (Å²) in [5.41, 5.74) is 2.63. The molecule has 1 atom stereocenters. The minimum atomic E-state index is 0.675. The number of rotatable bonds is 7. The molecule has 0 aliphatic carbocycles. The summed E-state index contributed by atoms with van der Waals surface area (Å²) in [6.45, 7) is 9.30. The average molecular weight is 289 g/mol. The Labute approximate surface area is 130 Å². The maximum atomic E-state index is 3.65. The van der Waals surface area contributed by atoms with Crippen molar-refractivity contribution in [3.63, 3.8) is 0 Å². The first-order chi connectivity index (χ1) is 10.1. The molecule has 3 heteroatoms. The zero-order valence-electron chi connectivity index (χ0n) is 14.1. The van der Waals surface area contributed by atoms with E-state index in [1.54, 1.807) is 0 Å². The molecule has 2 rings (SSSR count). The van der Waals surface area contributed by atoms with Crippen molar-refractivity contribution in [2.45, 2.75) is 39.3 Å². The number of anilines is 1. The van der Waals surface area contributed by atoms with Crippen molar-refractivity contribution in [1.82, 2.24) is 10.2 Å². The van der Waals surface area contributed by atoms with E-state index in [4.69, 9.17) is 0 Å². The van der Waals surface area contributed by atoms with Crippen molar-refractivity contribution in [1.29, 1.82) is 0 Å². The molecule has 1 saturated heterocycles. The van der Waals surface area contributed by atoms with Crippen LogP contribution in [0.5, 0.6) is 0 Å². The minimum absolute atomic E-state index is 0.675. The van der Waals surface area contributed by atoms with Gasteiger partial charge in [-0.1, -0.05) is 26.0 Å². The SMILES string of the molecule is CC(C)C(CNCc1ccc(N(C)C)cc1)N1CCCC1. The molecule has 1 aliphatic rings. The highest BCUT2D eigenvalue weighted by Gasteiger charge is 2.23. The zero-order valence-corrected chi connectivity index (χ0v) is 14.1. The molecule has 1 fully saturated rings. The van der Waals surface area contributed by atoms with E-state index in [0.717, 1.165) is 13.1 Å². The van der Waals surface area contributed by atoms with E-state index in [1.807, 2.05) is 0 Å². The second-order valence-electron chi connectivity index (χ2n) is 6.75. The summed E-state index contributed by atoms with van der Waals surface area (Å²) in [4.78, 5) is 4.80. The summed E-state index contributed by atoms with van der Waals surface area (Å²) in [6, 6.07) is 9.51. The maximum Gasteiger partial charge on any atom is 0.0361 e. The van der Waals surface area contributed by atoms with Crippen LogP contribution in [0.25, 0.3) is 0 Å². The Hall–Kier alpha value is -1.06. The van der Waals surface area contributed by atoms with Gasteiger partial charge >= 0.3 is 0 Å². The fourth-order valence-corrected chi connectivity index (χ4v) is 3.14. The molecule has 0 aromatic heterocycles. The number of nitrogens with one attached hydrogen (secondary N) is 1. The highest BCUT2D eigenvalue weighted by molar-refractivity contribution is 5.45. The Kier molecular flexibility index (Phi) is 6.07. The van der Waals surface area contributed by atoms with E-state index in [9.17, 15) is 0 Å². The number of hydrogen-bond acceptors (Lipinski definition) is 3. The van der Waals surface area contributed by atoms with Crippen LogP contribution in [-0.4, -0.2) is 44.7 Å². The van der Waals surface area contributed by atoms with Crippen LogP contribution >= 0.6 is 0 Å². The van der Waals surface area contributed by atoms with Crippen LogP contribution in [0, 0.1) is 5.92 Å². The molecule has 0 spiro atoms. The number of hydrogen-bond donors (Lipinski definition) is 1. The summed E-state index contributed by atoms with van der Waals surface area (Å²) in [6.07, 6.45) is 2.74. The highest BCUT2D eigenvalue weighted by atomic mass is 15.2. The zero-order chi connectivity index (χ0) is 15.2. The quantitative estimate of drug-likeness (QED) is 0.832. The summed E-state index contributed by atoms with van der Waals surface area (Å²) in [7, 11) is 4.16. The van der Waals surface area contributed by atoms with Crippen LogP contribution < -0.4 is 10.2 Å². The van der Waals surface area contributed by atoms with Crippen molar-refractivity contribution in [3.8, 4) is 0 Å². The van der Waals surface area contributed by atoms with Gasteiger partial charge in [-0.05, 0) is 49.5 Å². The van der Waals surface area contributed by atoms with E-state index < -0.39 is 0 Å². The minimum Gasteiger partial charge on any atom is -0.378 e. The maximum absolute atomic E-state index is 3.65. The van der Waals surface area contributed by atoms with Crippen molar-refractivity contribution in [2.75, 3.05) is 38.6 Å². The van der Waals surface area contributed by atoms with Crippen LogP contribution in [-0.2, 0) is 6.54 Å². The number of benzene rings is 1. The normalized spacial score (nSPS) is 17.4. The van der Waals surface area contributed by atoms with Crippen molar-refractivity contribution >= 4 is 5.69 Å². The van der Waals surface area contributed by atoms with Gasteiger partial charge in [0.25, 0.3) is 0 Å². The first-order valence-corrected chi connectivity index (χ1v) is 8.29. The van der Waals surface area contributed by atoms with Gasteiger partial charge < -0.3 is 10.2 Å². The van der Waals surface area contributed by atoms with Gasteiger partial charge in [0, 0.05) is 38.9 Å². The van der Waals surface area contributed by atoms with Crippen LogP contribution in [0.15, 0.2) is 24.3 Å². The third-order valence-corrected chi connectivity index (χ3v) is 4.51. The lowest BCUT2D eigenvalue weighted by molar-refractivity contribution is 0.186. The monoisotopic (exact) mass is 289 g/mol. The molecule has 1 unspecified atom stereocenters. The Morgan fingerprint density at radius 1 is 1.10 bits per heavy atom. The van der Waals surface area contributed by atoms with Gasteiger partial charge in [-0.3, -0.25) is 4.90 Å². The van der Waals surface area contributed by atoms with E-state index in [2.05, 4.69) is 67.3 Å². The molecular formula is C18H31N3. The second kappa shape index (κ2) is 7.81. The Bertz CT molecular complexity index is 405. The van der Waals surface area contributed by atoms with Crippen LogP contribution in [0.2, 0.25) is 0 Å². The molecule has 1 aromatic carbocycles. The number of likely N-dealkylation sites (tertiary alicyclic amines) is 1. The molecular weight excluding hydrogens is 258 g/mol. The largest absolute Gasteiger partial charge is 0.378 e. The van der Waals surface area contributed by atoms with Gasteiger partial charge in [0.15, 0.2) is 0 Å². The van der Waals surface area contributed by atoms with Crippen LogP contribution in [0.1, 0.15) is 32.3 Å². The predicted octanol–water partition coefficient (Wildman–Crippen LogP) is 2.96. The van der Waals surface area contributed by atoms with Crippen molar-refractivity contribution in [3.05, 3.63) is 29.8 Å². The molecule has 1 aliphatic heterocycles. The van der Waals surface area contributed by atoms with Gasteiger partial charge in [-0.2, -0.15) is 0 Å². The van der Waals surface area contributed by atoms with Gasteiger partial charge in [0.2, 0.25) is 0 Å². The molecule has 0 bridgehead atoms. The van der Waals surface area contributed by atoms with Crippen molar-refractivity contribution < 1.29 is 0 Å². The lowest BCUT2D eigenvalue weighted by atomic mass is 10.0. The summed E-state index contributed by atoms with van der Waals surface area (Å²) < 4.78 is 0. The fourth-order valence-electron chi connectivity index (χ4n) is 3.14. The topological polar surface area (TPSA) is 18.5 Å². The smallest absolute Gasteiger partial charge is 0.0361 e. The molecule has 118 valence electrons. The summed E-state index contributed by atoms with van der Waals surface area (Å²) in [5, 5.41) is 3.65. The molecule has 1 N–H and O–H groups in total. The van der Waals surface area contributed by atoms with Gasteiger partial charge in [0.1, 0.15) is 0 Å². The Balaban J connectivity index is 1.81. The molecule has 0 amide bonds.